The van der Waals surface area contributed by atoms with Gasteiger partial charge in [0.05, 0.1) is 0 Å². The second-order valence-corrected chi connectivity index (χ2v) is 6.75. The summed E-state index contributed by atoms with van der Waals surface area (Å²) < 4.78 is 0. The highest BCUT2D eigenvalue weighted by atomic mass is 15.2. The van der Waals surface area contributed by atoms with E-state index in [9.17, 15) is 0 Å². The lowest BCUT2D eigenvalue weighted by Gasteiger charge is -2.45. The Labute approximate surface area is 101 Å². The molecule has 1 aliphatic heterocycles. The average Bonchev–Trinajstić information content (AvgIpc) is 2.58. The highest BCUT2D eigenvalue weighted by molar-refractivity contribution is 4.93. The summed E-state index contributed by atoms with van der Waals surface area (Å²) in [6.07, 6.45) is 12.1. The second-order valence-electron chi connectivity index (χ2n) is 6.75. The molecule has 4 unspecified atom stereocenters. The highest BCUT2D eigenvalue weighted by Gasteiger charge is 2.39. The van der Waals surface area contributed by atoms with Crippen molar-refractivity contribution < 1.29 is 0 Å². The van der Waals surface area contributed by atoms with Gasteiger partial charge < -0.3 is 0 Å². The van der Waals surface area contributed by atoms with Crippen molar-refractivity contribution in [1.29, 1.82) is 0 Å². The monoisotopic (exact) mass is 221 g/mol. The van der Waals surface area contributed by atoms with Crippen molar-refractivity contribution in [2.75, 3.05) is 0 Å². The Bertz CT molecular complexity index is 228. The van der Waals surface area contributed by atoms with E-state index in [1.165, 1.54) is 44.9 Å². The van der Waals surface area contributed by atoms with Crippen molar-refractivity contribution in [1.82, 2.24) is 4.90 Å². The summed E-state index contributed by atoms with van der Waals surface area (Å²) in [6, 6.07) is 2.66. The highest BCUT2D eigenvalue weighted by Crippen LogP contribution is 2.43. The van der Waals surface area contributed by atoms with E-state index < -0.39 is 0 Å². The Hall–Kier alpha value is -0.0400. The molecule has 1 heterocycles. The van der Waals surface area contributed by atoms with E-state index in [-0.39, 0.29) is 0 Å². The number of hydrogen-bond donors (Lipinski definition) is 0. The number of hydrogen-bond acceptors (Lipinski definition) is 1. The predicted molar refractivity (Wildman–Crippen MR) is 68.5 cm³/mol. The van der Waals surface area contributed by atoms with Crippen LogP contribution in [0.5, 0.6) is 0 Å². The van der Waals surface area contributed by atoms with E-state index in [1.807, 2.05) is 0 Å². The van der Waals surface area contributed by atoms with Crippen LogP contribution in [0.1, 0.15) is 65.2 Å². The molecule has 3 aliphatic rings. The maximum Gasteiger partial charge on any atom is 0.0106 e. The SMILES string of the molecule is CC1CCC(C)N1C1CC2CCCC(C2)C1. The van der Waals surface area contributed by atoms with Crippen LogP contribution in [0, 0.1) is 11.8 Å². The van der Waals surface area contributed by atoms with Crippen LogP contribution < -0.4 is 0 Å². The van der Waals surface area contributed by atoms with Crippen molar-refractivity contribution in [2.24, 2.45) is 11.8 Å². The van der Waals surface area contributed by atoms with Crippen molar-refractivity contribution in [2.45, 2.75) is 83.3 Å². The van der Waals surface area contributed by atoms with Crippen LogP contribution in [0.3, 0.4) is 0 Å². The molecule has 3 fully saturated rings. The summed E-state index contributed by atoms with van der Waals surface area (Å²) in [7, 11) is 0. The van der Waals surface area contributed by atoms with Crippen molar-refractivity contribution >= 4 is 0 Å². The lowest BCUT2D eigenvalue weighted by atomic mass is 9.70. The fraction of sp³-hybridized carbons (Fsp3) is 1.00. The summed E-state index contributed by atoms with van der Waals surface area (Å²) in [5.74, 6) is 2.16. The molecule has 0 aromatic heterocycles. The predicted octanol–water partition coefficient (Wildman–Crippen LogP) is 3.83. The summed E-state index contributed by atoms with van der Waals surface area (Å²) in [5, 5.41) is 0. The molecule has 0 spiro atoms. The van der Waals surface area contributed by atoms with Crippen LogP contribution in [0.4, 0.5) is 0 Å². The Morgan fingerprint density at radius 3 is 1.88 bits per heavy atom. The minimum atomic E-state index is 0.860. The van der Waals surface area contributed by atoms with Gasteiger partial charge in [0, 0.05) is 18.1 Å². The first-order valence-electron chi connectivity index (χ1n) is 7.51. The molecule has 1 nitrogen and oxygen atoms in total. The molecule has 2 bridgehead atoms. The third kappa shape index (κ3) is 1.92. The topological polar surface area (TPSA) is 3.24 Å². The van der Waals surface area contributed by atoms with E-state index in [0.29, 0.717) is 0 Å². The molecule has 0 amide bonds. The Morgan fingerprint density at radius 1 is 0.750 bits per heavy atom. The molecule has 0 aromatic rings. The lowest BCUT2D eigenvalue weighted by molar-refractivity contribution is 0.0485. The summed E-state index contributed by atoms with van der Waals surface area (Å²) in [4.78, 5) is 2.88. The van der Waals surface area contributed by atoms with Gasteiger partial charge in [-0.1, -0.05) is 19.3 Å². The maximum absolute atomic E-state index is 2.88. The van der Waals surface area contributed by atoms with Gasteiger partial charge in [-0.05, 0) is 57.8 Å². The fourth-order valence-corrected chi connectivity index (χ4v) is 4.87. The van der Waals surface area contributed by atoms with Crippen molar-refractivity contribution in [3.8, 4) is 0 Å². The van der Waals surface area contributed by atoms with E-state index in [1.54, 1.807) is 6.42 Å². The molecule has 1 saturated heterocycles. The summed E-state index contributed by atoms with van der Waals surface area (Å²) in [5.41, 5.74) is 0. The first-order chi connectivity index (χ1) is 7.74. The maximum atomic E-state index is 2.88. The first-order valence-corrected chi connectivity index (χ1v) is 7.51. The van der Waals surface area contributed by atoms with E-state index >= 15 is 0 Å². The van der Waals surface area contributed by atoms with E-state index in [2.05, 4.69) is 18.7 Å². The van der Waals surface area contributed by atoms with Crippen molar-refractivity contribution in [3.05, 3.63) is 0 Å². The molecule has 0 radical (unpaired) electrons. The Kier molecular flexibility index (Phi) is 2.99. The Balaban J connectivity index is 1.70. The first kappa shape index (κ1) is 11.1. The lowest BCUT2D eigenvalue weighted by Crippen LogP contribution is -2.46. The van der Waals surface area contributed by atoms with Crippen LogP contribution in [-0.4, -0.2) is 23.0 Å². The fourth-order valence-electron chi connectivity index (χ4n) is 4.87. The second kappa shape index (κ2) is 4.33. The zero-order valence-electron chi connectivity index (χ0n) is 11.0. The third-order valence-corrected chi connectivity index (χ3v) is 5.54. The molecule has 1 heteroatoms. The van der Waals surface area contributed by atoms with Crippen LogP contribution >= 0.6 is 0 Å². The van der Waals surface area contributed by atoms with Gasteiger partial charge in [0.1, 0.15) is 0 Å². The molecule has 0 N–H and O–H groups in total. The molecule has 92 valence electrons. The Morgan fingerprint density at radius 2 is 1.31 bits per heavy atom. The zero-order valence-corrected chi connectivity index (χ0v) is 11.0. The number of nitrogens with zero attached hydrogens (tertiary/aromatic N) is 1. The number of fused-ring (bicyclic) bond motifs is 2. The zero-order chi connectivity index (χ0) is 11.1. The summed E-state index contributed by atoms with van der Waals surface area (Å²) >= 11 is 0. The normalized spacial score (nSPS) is 49.5. The third-order valence-electron chi connectivity index (χ3n) is 5.54. The molecule has 2 saturated carbocycles. The number of rotatable bonds is 1. The van der Waals surface area contributed by atoms with Gasteiger partial charge in [-0.3, -0.25) is 4.90 Å². The minimum Gasteiger partial charge on any atom is -0.295 e. The van der Waals surface area contributed by atoms with Crippen LogP contribution in [0.25, 0.3) is 0 Å². The van der Waals surface area contributed by atoms with Crippen LogP contribution in [-0.2, 0) is 0 Å². The average molecular weight is 221 g/mol. The van der Waals surface area contributed by atoms with E-state index in [0.717, 1.165) is 30.0 Å². The van der Waals surface area contributed by atoms with Crippen molar-refractivity contribution in [3.63, 3.8) is 0 Å². The van der Waals surface area contributed by atoms with Gasteiger partial charge in [-0.15, -0.1) is 0 Å². The smallest absolute Gasteiger partial charge is 0.0106 e. The van der Waals surface area contributed by atoms with Gasteiger partial charge in [-0.25, -0.2) is 0 Å². The standard InChI is InChI=1S/C15H27N/c1-11-6-7-12(2)16(11)15-9-13-4-3-5-14(8-13)10-15/h11-15H,3-10H2,1-2H3. The summed E-state index contributed by atoms with van der Waals surface area (Å²) in [6.45, 7) is 4.90. The molecule has 4 atom stereocenters. The van der Waals surface area contributed by atoms with Gasteiger partial charge in [-0.2, -0.15) is 0 Å². The molecule has 16 heavy (non-hydrogen) atoms. The van der Waals surface area contributed by atoms with Gasteiger partial charge in [0.2, 0.25) is 0 Å². The van der Waals surface area contributed by atoms with Crippen LogP contribution in [0.15, 0.2) is 0 Å². The van der Waals surface area contributed by atoms with E-state index in [4.69, 9.17) is 0 Å². The molecular formula is C15H27N. The van der Waals surface area contributed by atoms with Gasteiger partial charge in [0.25, 0.3) is 0 Å². The molecule has 3 rings (SSSR count). The van der Waals surface area contributed by atoms with Crippen LogP contribution in [0.2, 0.25) is 0 Å². The van der Waals surface area contributed by atoms with Gasteiger partial charge in [0.15, 0.2) is 0 Å². The molecule has 2 aliphatic carbocycles. The largest absolute Gasteiger partial charge is 0.295 e. The molecule has 0 aromatic carbocycles. The molecular weight excluding hydrogens is 194 g/mol. The number of likely N-dealkylation sites (tertiary alicyclic amines) is 1. The van der Waals surface area contributed by atoms with Gasteiger partial charge >= 0.3 is 0 Å². The quantitative estimate of drug-likeness (QED) is 0.650. The minimum absolute atomic E-state index is 0.860.